The zero-order valence-corrected chi connectivity index (χ0v) is 22.8. The van der Waals surface area contributed by atoms with Gasteiger partial charge in [-0.05, 0) is 63.5 Å². The summed E-state index contributed by atoms with van der Waals surface area (Å²) >= 11 is 0. The molecule has 0 bridgehead atoms. The zero-order chi connectivity index (χ0) is 27.2. The lowest BCUT2D eigenvalue weighted by Gasteiger charge is -2.36. The van der Waals surface area contributed by atoms with Crippen LogP contribution in [-0.2, 0) is 39.5 Å². The fourth-order valence-electron chi connectivity index (χ4n) is 4.09. The Kier molecular flexibility index (Phi) is 7.28. The van der Waals surface area contributed by atoms with E-state index in [0.29, 0.717) is 12.0 Å². The van der Waals surface area contributed by atoms with Gasteiger partial charge in [-0.1, -0.05) is 24.3 Å². The molecule has 1 aliphatic carbocycles. The van der Waals surface area contributed by atoms with Crippen LogP contribution in [0.5, 0.6) is 0 Å². The first-order chi connectivity index (χ1) is 16.3. The van der Waals surface area contributed by atoms with Crippen LogP contribution in [0, 0.1) is 0 Å². The summed E-state index contributed by atoms with van der Waals surface area (Å²) in [6, 6.07) is 4.62. The van der Waals surface area contributed by atoms with E-state index in [4.69, 9.17) is 15.0 Å². The van der Waals surface area contributed by atoms with E-state index in [9.17, 15) is 21.6 Å². The summed E-state index contributed by atoms with van der Waals surface area (Å²) < 4.78 is 65.8. The highest BCUT2D eigenvalue weighted by Gasteiger charge is 2.59. The van der Waals surface area contributed by atoms with Gasteiger partial charge >= 0.3 is 7.12 Å². The summed E-state index contributed by atoms with van der Waals surface area (Å²) in [4.78, 5) is 11.4. The van der Waals surface area contributed by atoms with E-state index in [0.717, 1.165) is 18.1 Å². The number of carbonyl (C=O) groups excluding carboxylic acids is 1. The Hall–Kier alpha value is -2.61. The highest BCUT2D eigenvalue weighted by Crippen LogP contribution is 2.48. The maximum absolute atomic E-state index is 12.0. The van der Waals surface area contributed by atoms with Crippen molar-refractivity contribution < 1.29 is 30.9 Å². The predicted octanol–water partition coefficient (Wildman–Crippen LogP) is 2.23. The van der Waals surface area contributed by atoms with Gasteiger partial charge in [0, 0.05) is 6.08 Å². The number of amides is 1. The molecule has 36 heavy (non-hydrogen) atoms. The van der Waals surface area contributed by atoms with Gasteiger partial charge in [0.05, 0.1) is 40.4 Å². The van der Waals surface area contributed by atoms with Crippen molar-refractivity contribution in [2.45, 2.75) is 50.6 Å². The van der Waals surface area contributed by atoms with Gasteiger partial charge in [-0.3, -0.25) is 14.2 Å². The van der Waals surface area contributed by atoms with E-state index in [1.54, 1.807) is 24.3 Å². The summed E-state index contributed by atoms with van der Waals surface area (Å²) in [5.41, 5.74) is 5.53. The van der Waals surface area contributed by atoms with Crippen molar-refractivity contribution in [3.8, 4) is 0 Å². The van der Waals surface area contributed by atoms with Crippen molar-refractivity contribution >= 4 is 44.4 Å². The molecule has 13 heteroatoms. The quantitative estimate of drug-likeness (QED) is 0.339. The largest absolute Gasteiger partial charge is 0.473 e. The average Bonchev–Trinajstić information content (AvgIpc) is 2.91. The Morgan fingerprint density at radius 3 is 1.92 bits per heavy atom. The lowest BCUT2D eigenvalue weighted by molar-refractivity contribution is -0.113. The third-order valence-corrected chi connectivity index (χ3v) is 7.63. The molecule has 1 aromatic rings. The van der Waals surface area contributed by atoms with Crippen molar-refractivity contribution in [2.75, 3.05) is 22.0 Å². The third kappa shape index (κ3) is 6.39. The maximum atomic E-state index is 12.0. The van der Waals surface area contributed by atoms with Gasteiger partial charge in [0.15, 0.2) is 0 Å². The van der Waals surface area contributed by atoms with Crippen LogP contribution in [0.3, 0.4) is 0 Å². The monoisotopic (exact) mass is 537 g/mol. The van der Waals surface area contributed by atoms with E-state index in [-0.39, 0.29) is 11.4 Å². The molecular formula is C23H32BN3O7S2. The molecule has 1 unspecified atom stereocenters. The SMILES string of the molecule is CC1(C)OB(C2(c3cc(NS(C)(=O)=O)cc(NS(C)(=O)=O)c3)C=CC=C(/C=C/C(N)=O)C2)OC1(C)C. The number of carbonyl (C=O) groups is 1. The van der Waals surface area contributed by atoms with Crippen LogP contribution in [0.1, 0.15) is 39.7 Å². The molecule has 1 aromatic carbocycles. The molecule has 10 nitrogen and oxygen atoms in total. The maximum Gasteiger partial charge on any atom is 0.473 e. The Morgan fingerprint density at radius 2 is 1.47 bits per heavy atom. The second-order valence-electron chi connectivity index (χ2n) is 10.2. The molecule has 1 heterocycles. The Balaban J connectivity index is 2.23. The first-order valence-electron chi connectivity index (χ1n) is 11.1. The standard InChI is InChI=1S/C23H32BN3O7S2/c1-21(2)22(3,4)34-24(33-21)23(11-7-8-16(15-23)9-10-20(25)28)17-12-18(26-35(5,29)30)14-19(13-17)27-36(6,31)32/h7-14,26-27H,15H2,1-6H3,(H2,25,28)/b10-9+. The highest BCUT2D eigenvalue weighted by molar-refractivity contribution is 7.92. The van der Waals surface area contributed by atoms with Gasteiger partial charge in [0.2, 0.25) is 26.0 Å². The summed E-state index contributed by atoms with van der Waals surface area (Å²) in [6.45, 7) is 7.65. The minimum atomic E-state index is -3.67. The lowest BCUT2D eigenvalue weighted by atomic mass is 9.50. The van der Waals surface area contributed by atoms with Crippen LogP contribution in [0.25, 0.3) is 0 Å². The van der Waals surface area contributed by atoms with Crippen LogP contribution in [0.15, 0.2) is 54.2 Å². The molecule has 0 saturated carbocycles. The number of nitrogens with one attached hydrogen (secondary N) is 2. The minimum Gasteiger partial charge on any atom is -0.402 e. The number of primary amides is 1. The van der Waals surface area contributed by atoms with Gasteiger partial charge < -0.3 is 15.0 Å². The molecule has 1 amide bonds. The van der Waals surface area contributed by atoms with Crippen molar-refractivity contribution in [2.24, 2.45) is 5.73 Å². The molecule has 2 aliphatic rings. The van der Waals surface area contributed by atoms with Gasteiger partial charge in [-0.25, -0.2) is 16.8 Å². The Labute approximate surface area is 213 Å². The third-order valence-electron chi connectivity index (χ3n) is 6.41. The molecule has 4 N–H and O–H groups in total. The number of rotatable bonds is 8. The number of benzene rings is 1. The molecule has 0 radical (unpaired) electrons. The second-order valence-corrected chi connectivity index (χ2v) is 13.7. The van der Waals surface area contributed by atoms with Crippen LogP contribution in [-0.4, -0.2) is 53.6 Å². The van der Waals surface area contributed by atoms with Crippen LogP contribution < -0.4 is 15.2 Å². The predicted molar refractivity (Wildman–Crippen MR) is 141 cm³/mol. The van der Waals surface area contributed by atoms with Crippen LogP contribution >= 0.6 is 0 Å². The average molecular weight is 537 g/mol. The van der Waals surface area contributed by atoms with Gasteiger partial charge in [0.25, 0.3) is 0 Å². The fraction of sp³-hybridized carbons (Fsp3) is 0.435. The summed E-state index contributed by atoms with van der Waals surface area (Å²) in [5, 5.41) is -1.01. The molecule has 196 valence electrons. The minimum absolute atomic E-state index is 0.161. The smallest absolute Gasteiger partial charge is 0.402 e. The van der Waals surface area contributed by atoms with Gasteiger partial charge in [-0.2, -0.15) is 0 Å². The molecule has 1 saturated heterocycles. The fourth-order valence-corrected chi connectivity index (χ4v) is 5.19. The molecule has 0 spiro atoms. The first-order valence-corrected chi connectivity index (χ1v) is 14.9. The van der Waals surface area contributed by atoms with Crippen LogP contribution in [0.2, 0.25) is 0 Å². The first kappa shape index (κ1) is 28.0. The van der Waals surface area contributed by atoms with E-state index < -0.39 is 49.6 Å². The summed E-state index contributed by atoms with van der Waals surface area (Å²) in [7, 11) is -8.17. The number of sulfonamides is 2. The molecular weight excluding hydrogens is 505 g/mol. The Bertz CT molecular complexity index is 1300. The van der Waals surface area contributed by atoms with E-state index in [2.05, 4.69) is 9.44 Å². The van der Waals surface area contributed by atoms with Crippen LogP contribution in [0.4, 0.5) is 11.4 Å². The van der Waals surface area contributed by atoms with Crippen molar-refractivity contribution in [1.82, 2.24) is 0 Å². The number of allylic oxidation sites excluding steroid dienone is 5. The number of hydrogen-bond acceptors (Lipinski definition) is 7. The zero-order valence-electron chi connectivity index (χ0n) is 21.2. The molecule has 1 fully saturated rings. The molecule has 0 aromatic heterocycles. The summed E-state index contributed by atoms with van der Waals surface area (Å²) in [5.74, 6) is -0.606. The Morgan fingerprint density at radius 1 is 0.972 bits per heavy atom. The van der Waals surface area contributed by atoms with Crippen molar-refractivity contribution in [3.63, 3.8) is 0 Å². The molecule has 1 atom stereocenters. The number of anilines is 2. The summed E-state index contributed by atoms with van der Waals surface area (Å²) in [6.07, 6.45) is 10.6. The van der Waals surface area contributed by atoms with Crippen molar-refractivity contribution in [1.29, 1.82) is 0 Å². The van der Waals surface area contributed by atoms with Gasteiger partial charge in [-0.15, -0.1) is 0 Å². The van der Waals surface area contributed by atoms with E-state index >= 15 is 0 Å². The molecule has 3 rings (SSSR count). The number of hydrogen-bond donors (Lipinski definition) is 3. The molecule has 1 aliphatic heterocycles. The van der Waals surface area contributed by atoms with E-state index in [1.807, 2.05) is 39.8 Å². The lowest BCUT2D eigenvalue weighted by Crippen LogP contribution is -2.45. The van der Waals surface area contributed by atoms with Crippen molar-refractivity contribution in [3.05, 3.63) is 59.7 Å². The topological polar surface area (TPSA) is 154 Å². The van der Waals surface area contributed by atoms with E-state index in [1.165, 1.54) is 12.1 Å². The number of nitrogens with two attached hydrogens (primary N) is 1. The second kappa shape index (κ2) is 9.36. The normalized spacial score (nSPS) is 23.5. The highest BCUT2D eigenvalue weighted by atomic mass is 32.2. The van der Waals surface area contributed by atoms with Gasteiger partial charge in [0.1, 0.15) is 0 Å².